The number of aromatic nitrogens is 2. The second-order valence-corrected chi connectivity index (χ2v) is 3.22. The molecule has 0 fully saturated rings. The van der Waals surface area contributed by atoms with Crippen LogP contribution in [0.5, 0.6) is 0 Å². The molecule has 0 radical (unpaired) electrons. The maximum Gasteiger partial charge on any atom is 0.202 e. The first kappa shape index (κ1) is 10.0. The first-order chi connectivity index (χ1) is 6.36. The summed E-state index contributed by atoms with van der Waals surface area (Å²) in [6.07, 6.45) is 1.75. The van der Waals surface area contributed by atoms with Crippen molar-refractivity contribution in [2.45, 2.75) is 26.7 Å². The van der Waals surface area contributed by atoms with Crippen LogP contribution in [0.3, 0.4) is 0 Å². The molecule has 1 aromatic rings. The van der Waals surface area contributed by atoms with Crippen molar-refractivity contribution in [2.75, 3.05) is 11.9 Å². The number of rotatable bonds is 4. The summed E-state index contributed by atoms with van der Waals surface area (Å²) in [6, 6.07) is 0. The predicted octanol–water partition coefficient (Wildman–Crippen LogP) is 1.93. The number of nitrogens with zero attached hydrogens (tertiary/aromatic N) is 2. The van der Waals surface area contributed by atoms with Crippen LogP contribution in [0.1, 0.15) is 26.1 Å². The summed E-state index contributed by atoms with van der Waals surface area (Å²) in [5.74, 6) is 6.74. The van der Waals surface area contributed by atoms with Crippen molar-refractivity contribution in [1.82, 2.24) is 9.36 Å². The molecule has 0 atom stereocenters. The van der Waals surface area contributed by atoms with Crippen molar-refractivity contribution < 1.29 is 0 Å². The van der Waals surface area contributed by atoms with Crippen LogP contribution in [-0.2, 0) is 6.42 Å². The molecule has 4 heteroatoms. The summed E-state index contributed by atoms with van der Waals surface area (Å²) in [7, 11) is 0. The van der Waals surface area contributed by atoms with Crippen LogP contribution in [0.25, 0.3) is 0 Å². The molecule has 0 bridgehead atoms. The average Bonchev–Trinajstić information content (AvgIpc) is 2.60. The van der Waals surface area contributed by atoms with Gasteiger partial charge in [0.25, 0.3) is 0 Å². The van der Waals surface area contributed by atoms with Gasteiger partial charge in [0, 0.05) is 30.9 Å². The smallest absolute Gasteiger partial charge is 0.202 e. The van der Waals surface area contributed by atoms with E-state index < -0.39 is 0 Å². The first-order valence-electron chi connectivity index (χ1n) is 4.33. The van der Waals surface area contributed by atoms with E-state index in [9.17, 15) is 0 Å². The van der Waals surface area contributed by atoms with Gasteiger partial charge in [-0.3, -0.25) is 0 Å². The summed E-state index contributed by atoms with van der Waals surface area (Å²) in [5, 5.41) is 4.07. The molecule has 0 saturated heterocycles. The van der Waals surface area contributed by atoms with Gasteiger partial charge in [-0.05, 0) is 6.92 Å². The molecule has 1 N–H and O–H groups in total. The molecule has 0 aromatic carbocycles. The highest BCUT2D eigenvalue weighted by Crippen LogP contribution is 2.10. The molecule has 13 heavy (non-hydrogen) atoms. The second kappa shape index (κ2) is 5.55. The number of aryl methyl sites for hydroxylation is 1. The van der Waals surface area contributed by atoms with E-state index in [4.69, 9.17) is 0 Å². The van der Waals surface area contributed by atoms with E-state index in [1.165, 1.54) is 11.5 Å². The number of anilines is 1. The van der Waals surface area contributed by atoms with E-state index in [0.717, 1.165) is 30.3 Å². The van der Waals surface area contributed by atoms with Crippen LogP contribution in [0.4, 0.5) is 5.13 Å². The number of hydrogen-bond donors (Lipinski definition) is 1. The molecule has 0 amide bonds. The Balaban J connectivity index is 2.31. The monoisotopic (exact) mass is 195 g/mol. The van der Waals surface area contributed by atoms with Crippen molar-refractivity contribution in [3.63, 3.8) is 0 Å². The molecular weight excluding hydrogens is 182 g/mol. The van der Waals surface area contributed by atoms with Crippen molar-refractivity contribution in [3.8, 4) is 11.8 Å². The molecular formula is C9H13N3S. The fourth-order valence-corrected chi connectivity index (χ4v) is 1.50. The topological polar surface area (TPSA) is 37.8 Å². The normalized spacial score (nSPS) is 9.08. The van der Waals surface area contributed by atoms with Gasteiger partial charge in [-0.25, -0.2) is 4.98 Å². The number of nitrogens with one attached hydrogen (secondary N) is 1. The standard InChI is InChI=1S/C9H13N3S/c1-3-5-6-7-10-9-11-8(4-2)12-13-9/h4,6-7H2,1-2H3,(H,10,11,12). The highest BCUT2D eigenvalue weighted by Gasteiger charge is 1.99. The van der Waals surface area contributed by atoms with Crippen molar-refractivity contribution in [2.24, 2.45) is 0 Å². The van der Waals surface area contributed by atoms with Gasteiger partial charge in [0.1, 0.15) is 5.82 Å². The highest BCUT2D eigenvalue weighted by atomic mass is 32.1. The first-order valence-corrected chi connectivity index (χ1v) is 5.10. The zero-order valence-electron chi connectivity index (χ0n) is 7.92. The van der Waals surface area contributed by atoms with Gasteiger partial charge in [-0.2, -0.15) is 4.37 Å². The van der Waals surface area contributed by atoms with E-state index in [1.54, 1.807) is 0 Å². The fourth-order valence-electron chi connectivity index (χ4n) is 0.826. The minimum absolute atomic E-state index is 0.846. The van der Waals surface area contributed by atoms with Gasteiger partial charge in [0.2, 0.25) is 5.13 Å². The van der Waals surface area contributed by atoms with Crippen LogP contribution in [0, 0.1) is 11.8 Å². The SMILES string of the molecule is CC#CCCNc1nc(CC)ns1. The quantitative estimate of drug-likeness (QED) is 0.589. The summed E-state index contributed by atoms with van der Waals surface area (Å²) in [5.41, 5.74) is 0. The Kier molecular flexibility index (Phi) is 4.27. The Morgan fingerprint density at radius 1 is 1.54 bits per heavy atom. The van der Waals surface area contributed by atoms with Gasteiger partial charge in [0.15, 0.2) is 0 Å². The molecule has 0 unspecified atom stereocenters. The largest absolute Gasteiger partial charge is 0.359 e. The van der Waals surface area contributed by atoms with Crippen LogP contribution in [0.2, 0.25) is 0 Å². The van der Waals surface area contributed by atoms with Crippen LogP contribution >= 0.6 is 11.5 Å². The summed E-state index contributed by atoms with van der Waals surface area (Å²) in [6.45, 7) is 4.74. The van der Waals surface area contributed by atoms with Crippen LogP contribution in [0.15, 0.2) is 0 Å². The maximum absolute atomic E-state index is 4.27. The van der Waals surface area contributed by atoms with Gasteiger partial charge in [0.05, 0.1) is 0 Å². The minimum atomic E-state index is 0.846. The molecule has 1 rings (SSSR count). The Labute approximate surface area is 82.8 Å². The Morgan fingerprint density at radius 2 is 2.38 bits per heavy atom. The summed E-state index contributed by atoms with van der Waals surface area (Å²) < 4.78 is 4.17. The molecule has 1 heterocycles. The predicted molar refractivity (Wildman–Crippen MR) is 55.8 cm³/mol. The molecule has 0 aliphatic rings. The third kappa shape index (κ3) is 3.43. The number of hydrogen-bond acceptors (Lipinski definition) is 4. The van der Waals surface area contributed by atoms with Crippen molar-refractivity contribution in [1.29, 1.82) is 0 Å². The van der Waals surface area contributed by atoms with E-state index in [0.29, 0.717) is 0 Å². The van der Waals surface area contributed by atoms with E-state index in [1.807, 2.05) is 13.8 Å². The Bertz CT molecular complexity index is 308. The van der Waals surface area contributed by atoms with E-state index >= 15 is 0 Å². The Hall–Kier alpha value is -1.08. The summed E-state index contributed by atoms with van der Waals surface area (Å²) >= 11 is 1.41. The van der Waals surface area contributed by atoms with Crippen molar-refractivity contribution >= 4 is 16.7 Å². The molecule has 0 aliphatic carbocycles. The molecule has 70 valence electrons. The minimum Gasteiger partial charge on any atom is -0.359 e. The maximum atomic E-state index is 4.27. The van der Waals surface area contributed by atoms with Gasteiger partial charge in [-0.15, -0.1) is 11.8 Å². The average molecular weight is 195 g/mol. The molecule has 0 aliphatic heterocycles. The van der Waals surface area contributed by atoms with E-state index in [2.05, 4.69) is 26.5 Å². The zero-order valence-corrected chi connectivity index (χ0v) is 8.74. The van der Waals surface area contributed by atoms with Crippen molar-refractivity contribution in [3.05, 3.63) is 5.82 Å². The molecule has 0 spiro atoms. The highest BCUT2D eigenvalue weighted by molar-refractivity contribution is 7.09. The van der Waals surface area contributed by atoms with Crippen LogP contribution in [-0.4, -0.2) is 15.9 Å². The summed E-state index contributed by atoms with van der Waals surface area (Å²) in [4.78, 5) is 4.27. The van der Waals surface area contributed by atoms with Crippen LogP contribution < -0.4 is 5.32 Å². The fraction of sp³-hybridized carbons (Fsp3) is 0.556. The molecule has 0 saturated carbocycles. The van der Waals surface area contributed by atoms with Gasteiger partial charge < -0.3 is 5.32 Å². The van der Waals surface area contributed by atoms with Gasteiger partial charge in [-0.1, -0.05) is 6.92 Å². The molecule has 1 aromatic heterocycles. The van der Waals surface area contributed by atoms with Gasteiger partial charge >= 0.3 is 0 Å². The lowest BCUT2D eigenvalue weighted by molar-refractivity contribution is 0.990. The lowest BCUT2D eigenvalue weighted by Crippen LogP contribution is -1.99. The van der Waals surface area contributed by atoms with E-state index in [-0.39, 0.29) is 0 Å². The second-order valence-electron chi connectivity index (χ2n) is 2.47. The third-order valence-corrected chi connectivity index (χ3v) is 2.20. The Morgan fingerprint density at radius 3 is 3.00 bits per heavy atom. The zero-order chi connectivity index (χ0) is 9.52. The molecule has 3 nitrogen and oxygen atoms in total. The lowest BCUT2D eigenvalue weighted by atomic mass is 10.4. The third-order valence-electron chi connectivity index (χ3n) is 1.49. The lowest BCUT2D eigenvalue weighted by Gasteiger charge is -1.95.